The minimum atomic E-state index is -0.270. The molecule has 0 radical (unpaired) electrons. The highest BCUT2D eigenvalue weighted by atomic mass is 32.1. The van der Waals surface area contributed by atoms with Crippen molar-refractivity contribution in [2.45, 2.75) is 27.0 Å². The maximum Gasteiger partial charge on any atom is 0.127 e. The Bertz CT molecular complexity index is 529. The standard InChI is InChI=1S/C15H19FN2OS/c1-11(2)6-17-7-12-3-13(16)5-14(4-12)19-9-15-8-18-10-20-15/h3-5,8,10-11,17H,6-7,9H2,1-2H3. The Morgan fingerprint density at radius 2 is 2.20 bits per heavy atom. The predicted molar refractivity (Wildman–Crippen MR) is 79.4 cm³/mol. The maximum absolute atomic E-state index is 13.6. The van der Waals surface area contributed by atoms with Gasteiger partial charge in [-0.15, -0.1) is 11.3 Å². The lowest BCUT2D eigenvalue weighted by Crippen LogP contribution is -2.19. The minimum Gasteiger partial charge on any atom is -0.488 e. The van der Waals surface area contributed by atoms with Crippen LogP contribution in [0, 0.1) is 11.7 Å². The van der Waals surface area contributed by atoms with Gasteiger partial charge >= 0.3 is 0 Å². The first-order valence-corrected chi connectivity index (χ1v) is 7.52. The Morgan fingerprint density at radius 1 is 1.35 bits per heavy atom. The van der Waals surface area contributed by atoms with Gasteiger partial charge in [-0.05, 0) is 30.2 Å². The molecule has 0 bridgehead atoms. The highest BCUT2D eigenvalue weighted by Gasteiger charge is 2.04. The van der Waals surface area contributed by atoms with E-state index in [0.717, 1.165) is 17.0 Å². The number of nitrogens with zero attached hydrogens (tertiary/aromatic N) is 1. The summed E-state index contributed by atoms with van der Waals surface area (Å²) in [6, 6.07) is 4.82. The van der Waals surface area contributed by atoms with Gasteiger partial charge in [0.15, 0.2) is 0 Å². The monoisotopic (exact) mass is 294 g/mol. The van der Waals surface area contributed by atoms with Gasteiger partial charge in [-0.25, -0.2) is 4.39 Å². The van der Waals surface area contributed by atoms with Crippen LogP contribution < -0.4 is 10.1 Å². The van der Waals surface area contributed by atoms with Crippen molar-refractivity contribution >= 4 is 11.3 Å². The van der Waals surface area contributed by atoms with E-state index in [0.29, 0.717) is 24.8 Å². The molecule has 1 aromatic heterocycles. The average molecular weight is 294 g/mol. The van der Waals surface area contributed by atoms with Crippen LogP contribution in [0.3, 0.4) is 0 Å². The molecule has 108 valence electrons. The van der Waals surface area contributed by atoms with Crippen LogP contribution in [0.1, 0.15) is 24.3 Å². The van der Waals surface area contributed by atoms with Crippen LogP contribution in [-0.4, -0.2) is 11.5 Å². The summed E-state index contributed by atoms with van der Waals surface area (Å²) in [5.74, 6) is 0.860. The molecule has 0 aliphatic heterocycles. The summed E-state index contributed by atoms with van der Waals surface area (Å²) in [4.78, 5) is 5.00. The first-order chi connectivity index (χ1) is 9.63. The van der Waals surface area contributed by atoms with Crippen molar-refractivity contribution in [1.29, 1.82) is 0 Å². The van der Waals surface area contributed by atoms with Crippen LogP contribution in [-0.2, 0) is 13.2 Å². The number of ether oxygens (including phenoxy) is 1. The number of hydrogen-bond donors (Lipinski definition) is 1. The Labute approximate surface area is 122 Å². The van der Waals surface area contributed by atoms with Gasteiger partial charge in [-0.2, -0.15) is 0 Å². The van der Waals surface area contributed by atoms with Gasteiger partial charge in [0.05, 0.1) is 10.4 Å². The zero-order valence-electron chi connectivity index (χ0n) is 11.7. The summed E-state index contributed by atoms with van der Waals surface area (Å²) in [6.45, 7) is 6.26. The summed E-state index contributed by atoms with van der Waals surface area (Å²) in [5.41, 5.74) is 2.65. The number of rotatable bonds is 7. The van der Waals surface area contributed by atoms with E-state index in [1.807, 2.05) is 6.07 Å². The second kappa shape index (κ2) is 7.36. The molecule has 3 nitrogen and oxygen atoms in total. The lowest BCUT2D eigenvalue weighted by Gasteiger charge is -2.10. The fourth-order valence-electron chi connectivity index (χ4n) is 1.78. The first kappa shape index (κ1) is 14.9. The van der Waals surface area contributed by atoms with Crippen molar-refractivity contribution in [3.8, 4) is 5.75 Å². The molecular formula is C15H19FN2OS. The van der Waals surface area contributed by atoms with E-state index in [-0.39, 0.29) is 5.82 Å². The quantitative estimate of drug-likeness (QED) is 0.847. The normalized spacial score (nSPS) is 11.0. The lowest BCUT2D eigenvalue weighted by molar-refractivity contribution is 0.307. The van der Waals surface area contributed by atoms with Crippen LogP contribution in [0.5, 0.6) is 5.75 Å². The van der Waals surface area contributed by atoms with Crippen molar-refractivity contribution in [3.63, 3.8) is 0 Å². The third-order valence-electron chi connectivity index (χ3n) is 2.68. The van der Waals surface area contributed by atoms with Crippen LogP contribution >= 0.6 is 11.3 Å². The fraction of sp³-hybridized carbons (Fsp3) is 0.400. The molecule has 0 aliphatic rings. The maximum atomic E-state index is 13.6. The Balaban J connectivity index is 1.93. The molecule has 1 heterocycles. The molecule has 2 aromatic rings. The summed E-state index contributed by atoms with van der Waals surface area (Å²) in [7, 11) is 0. The van der Waals surface area contributed by atoms with E-state index < -0.39 is 0 Å². The number of thiazole rings is 1. The highest BCUT2D eigenvalue weighted by Crippen LogP contribution is 2.18. The molecule has 2 rings (SSSR count). The molecule has 0 saturated carbocycles. The molecule has 0 aliphatic carbocycles. The van der Waals surface area contributed by atoms with Crippen molar-refractivity contribution in [2.24, 2.45) is 5.92 Å². The van der Waals surface area contributed by atoms with E-state index in [1.165, 1.54) is 23.5 Å². The number of aromatic nitrogens is 1. The fourth-order valence-corrected chi connectivity index (χ4v) is 2.28. The number of nitrogens with one attached hydrogen (secondary N) is 1. The van der Waals surface area contributed by atoms with Gasteiger partial charge in [0.25, 0.3) is 0 Å². The molecule has 0 atom stereocenters. The van der Waals surface area contributed by atoms with Crippen molar-refractivity contribution in [3.05, 3.63) is 46.2 Å². The van der Waals surface area contributed by atoms with Crippen LogP contribution in [0.15, 0.2) is 29.9 Å². The average Bonchev–Trinajstić information content (AvgIpc) is 2.88. The molecule has 5 heteroatoms. The van der Waals surface area contributed by atoms with Gasteiger partial charge in [0.2, 0.25) is 0 Å². The molecule has 20 heavy (non-hydrogen) atoms. The molecule has 1 aromatic carbocycles. The van der Waals surface area contributed by atoms with Crippen LogP contribution in [0.4, 0.5) is 4.39 Å². The zero-order valence-corrected chi connectivity index (χ0v) is 12.5. The second-order valence-electron chi connectivity index (χ2n) is 5.08. The zero-order chi connectivity index (χ0) is 14.4. The predicted octanol–water partition coefficient (Wildman–Crippen LogP) is 3.61. The third-order valence-corrected chi connectivity index (χ3v) is 3.43. The number of halogens is 1. The molecule has 0 spiro atoms. The first-order valence-electron chi connectivity index (χ1n) is 6.64. The molecule has 0 amide bonds. The van der Waals surface area contributed by atoms with E-state index in [1.54, 1.807) is 11.7 Å². The Kier molecular flexibility index (Phi) is 5.49. The number of hydrogen-bond acceptors (Lipinski definition) is 4. The second-order valence-corrected chi connectivity index (χ2v) is 6.05. The van der Waals surface area contributed by atoms with Gasteiger partial charge < -0.3 is 10.1 Å². The van der Waals surface area contributed by atoms with Crippen LogP contribution in [0.25, 0.3) is 0 Å². The van der Waals surface area contributed by atoms with Crippen LogP contribution in [0.2, 0.25) is 0 Å². The summed E-state index contributed by atoms with van der Waals surface area (Å²) in [6.07, 6.45) is 1.76. The van der Waals surface area contributed by atoms with E-state index in [2.05, 4.69) is 24.1 Å². The van der Waals surface area contributed by atoms with Gasteiger partial charge in [-0.1, -0.05) is 13.8 Å². The van der Waals surface area contributed by atoms with Gasteiger partial charge in [0, 0.05) is 18.8 Å². The topological polar surface area (TPSA) is 34.1 Å². The number of benzene rings is 1. The van der Waals surface area contributed by atoms with Crippen molar-refractivity contribution in [1.82, 2.24) is 10.3 Å². The Morgan fingerprint density at radius 3 is 2.90 bits per heavy atom. The van der Waals surface area contributed by atoms with Gasteiger partial charge in [0.1, 0.15) is 18.2 Å². The molecule has 0 fully saturated rings. The SMILES string of the molecule is CC(C)CNCc1cc(F)cc(OCc2cncs2)c1. The molecular weight excluding hydrogens is 275 g/mol. The third kappa shape index (κ3) is 4.90. The molecule has 0 unspecified atom stereocenters. The minimum absolute atomic E-state index is 0.270. The van der Waals surface area contributed by atoms with Crippen molar-refractivity contribution in [2.75, 3.05) is 6.54 Å². The summed E-state index contributed by atoms with van der Waals surface area (Å²) < 4.78 is 19.2. The van der Waals surface area contributed by atoms with E-state index in [4.69, 9.17) is 4.74 Å². The Hall–Kier alpha value is -1.46. The summed E-state index contributed by atoms with van der Waals surface area (Å²) >= 11 is 1.53. The van der Waals surface area contributed by atoms with E-state index >= 15 is 0 Å². The smallest absolute Gasteiger partial charge is 0.127 e. The summed E-state index contributed by atoms with van der Waals surface area (Å²) in [5, 5.41) is 3.30. The van der Waals surface area contributed by atoms with Crippen molar-refractivity contribution < 1.29 is 9.13 Å². The van der Waals surface area contributed by atoms with Gasteiger partial charge in [-0.3, -0.25) is 4.98 Å². The molecule has 0 saturated heterocycles. The largest absolute Gasteiger partial charge is 0.488 e. The molecule has 1 N–H and O–H groups in total. The van der Waals surface area contributed by atoms with E-state index in [9.17, 15) is 4.39 Å². The lowest BCUT2D eigenvalue weighted by atomic mass is 10.2. The highest BCUT2D eigenvalue weighted by molar-refractivity contribution is 7.09.